The van der Waals surface area contributed by atoms with Crippen molar-refractivity contribution in [1.82, 2.24) is 10.2 Å². The summed E-state index contributed by atoms with van der Waals surface area (Å²) in [4.78, 5) is 12.6. The van der Waals surface area contributed by atoms with Crippen LogP contribution in [0.15, 0.2) is 18.2 Å². The first-order valence-corrected chi connectivity index (χ1v) is 7.66. The third-order valence-electron chi connectivity index (χ3n) is 4.30. The normalized spacial score (nSPS) is 21.6. The fourth-order valence-corrected chi connectivity index (χ4v) is 2.98. The topological polar surface area (TPSA) is 87.8 Å². The van der Waals surface area contributed by atoms with Crippen LogP contribution in [0, 0.1) is 0 Å². The van der Waals surface area contributed by atoms with Crippen LogP contribution in [0.25, 0.3) is 0 Å². The van der Waals surface area contributed by atoms with Gasteiger partial charge in [-0.2, -0.15) is 0 Å². The van der Waals surface area contributed by atoms with Crippen LogP contribution in [0.3, 0.4) is 0 Å². The highest BCUT2D eigenvalue weighted by Gasteiger charge is 2.27. The number of nitrogen functional groups attached to an aromatic ring is 1. The molecule has 0 spiro atoms. The number of nitrogens with two attached hydrogens (primary N) is 1. The molecule has 6 nitrogen and oxygen atoms in total. The van der Waals surface area contributed by atoms with E-state index in [1.165, 1.54) is 4.90 Å². The number of hydrogen-bond donors (Lipinski definition) is 3. The number of nitrogens with zero attached hydrogens (tertiary/aromatic N) is 1. The SMILES string of the molecule is COc1ccc(N)c(CCNC2CCN(C(=O)O)C(C)C2)c1. The number of rotatable bonds is 5. The number of benzene rings is 1. The summed E-state index contributed by atoms with van der Waals surface area (Å²) in [5.74, 6) is 0.813. The van der Waals surface area contributed by atoms with E-state index >= 15 is 0 Å². The van der Waals surface area contributed by atoms with Crippen molar-refractivity contribution in [3.8, 4) is 5.75 Å². The van der Waals surface area contributed by atoms with Crippen LogP contribution in [-0.4, -0.2) is 48.4 Å². The van der Waals surface area contributed by atoms with Gasteiger partial charge in [-0.1, -0.05) is 0 Å². The molecule has 1 aliphatic heterocycles. The summed E-state index contributed by atoms with van der Waals surface area (Å²) in [5.41, 5.74) is 7.83. The van der Waals surface area contributed by atoms with E-state index in [4.69, 9.17) is 15.6 Å². The van der Waals surface area contributed by atoms with Gasteiger partial charge < -0.3 is 25.8 Å². The smallest absolute Gasteiger partial charge is 0.407 e. The summed E-state index contributed by atoms with van der Waals surface area (Å²) in [7, 11) is 1.64. The second kappa shape index (κ2) is 7.35. The molecule has 0 bridgehead atoms. The number of nitrogens with one attached hydrogen (secondary N) is 1. The van der Waals surface area contributed by atoms with Gasteiger partial charge in [-0.05, 0) is 56.5 Å². The molecule has 1 amide bonds. The Hall–Kier alpha value is -1.95. The molecule has 0 radical (unpaired) electrons. The Kier molecular flexibility index (Phi) is 5.49. The lowest BCUT2D eigenvalue weighted by atomic mass is 9.98. The molecule has 6 heteroatoms. The van der Waals surface area contributed by atoms with Crippen molar-refractivity contribution in [3.63, 3.8) is 0 Å². The third kappa shape index (κ3) is 4.04. The number of ether oxygens (including phenoxy) is 1. The van der Waals surface area contributed by atoms with Crippen molar-refractivity contribution in [1.29, 1.82) is 0 Å². The van der Waals surface area contributed by atoms with Gasteiger partial charge in [-0.25, -0.2) is 4.79 Å². The van der Waals surface area contributed by atoms with Crippen molar-refractivity contribution in [3.05, 3.63) is 23.8 Å². The largest absolute Gasteiger partial charge is 0.497 e. The Morgan fingerprint density at radius 3 is 2.95 bits per heavy atom. The molecule has 1 saturated heterocycles. The van der Waals surface area contributed by atoms with E-state index in [-0.39, 0.29) is 6.04 Å². The zero-order valence-electron chi connectivity index (χ0n) is 13.2. The van der Waals surface area contributed by atoms with Crippen LogP contribution in [0.5, 0.6) is 5.75 Å². The molecule has 1 aliphatic rings. The minimum atomic E-state index is -0.824. The van der Waals surface area contributed by atoms with Gasteiger partial charge in [0.25, 0.3) is 0 Å². The van der Waals surface area contributed by atoms with E-state index in [1.54, 1.807) is 7.11 Å². The van der Waals surface area contributed by atoms with Gasteiger partial charge in [0.05, 0.1) is 7.11 Å². The van der Waals surface area contributed by atoms with Gasteiger partial charge in [0.2, 0.25) is 0 Å². The molecular formula is C16H25N3O3. The summed E-state index contributed by atoms with van der Waals surface area (Å²) < 4.78 is 5.22. The summed E-state index contributed by atoms with van der Waals surface area (Å²) in [6.45, 7) is 3.37. The van der Waals surface area contributed by atoms with Crippen LogP contribution in [0.4, 0.5) is 10.5 Å². The number of carboxylic acid groups (broad SMARTS) is 1. The molecule has 22 heavy (non-hydrogen) atoms. The number of methoxy groups -OCH3 is 1. The van der Waals surface area contributed by atoms with E-state index in [0.717, 1.165) is 42.8 Å². The molecule has 1 heterocycles. The predicted octanol–water partition coefficient (Wildman–Crippen LogP) is 1.94. The van der Waals surface area contributed by atoms with Gasteiger partial charge in [-0.3, -0.25) is 0 Å². The molecule has 1 fully saturated rings. The van der Waals surface area contributed by atoms with E-state index < -0.39 is 6.09 Å². The molecule has 1 aromatic rings. The minimum absolute atomic E-state index is 0.0608. The highest BCUT2D eigenvalue weighted by molar-refractivity contribution is 5.65. The van der Waals surface area contributed by atoms with Gasteiger partial charge in [0.1, 0.15) is 5.75 Å². The van der Waals surface area contributed by atoms with E-state index in [2.05, 4.69) is 5.32 Å². The Bertz CT molecular complexity index is 521. The highest BCUT2D eigenvalue weighted by Crippen LogP contribution is 2.20. The molecule has 2 rings (SSSR count). The lowest BCUT2D eigenvalue weighted by Gasteiger charge is -2.36. The number of hydrogen-bond acceptors (Lipinski definition) is 4. The molecule has 0 saturated carbocycles. The number of amides is 1. The Morgan fingerprint density at radius 2 is 2.32 bits per heavy atom. The monoisotopic (exact) mass is 307 g/mol. The van der Waals surface area contributed by atoms with Gasteiger partial charge in [0.15, 0.2) is 0 Å². The van der Waals surface area contributed by atoms with Gasteiger partial charge in [0, 0.05) is 24.3 Å². The van der Waals surface area contributed by atoms with Crippen LogP contribution in [0.1, 0.15) is 25.3 Å². The predicted molar refractivity (Wildman–Crippen MR) is 86.3 cm³/mol. The Balaban J connectivity index is 1.81. The first-order chi connectivity index (χ1) is 10.5. The van der Waals surface area contributed by atoms with Crippen molar-refractivity contribution < 1.29 is 14.6 Å². The summed E-state index contributed by atoms with van der Waals surface area (Å²) in [6.07, 6.45) is 1.70. The third-order valence-corrected chi connectivity index (χ3v) is 4.30. The molecule has 1 aromatic carbocycles. The zero-order chi connectivity index (χ0) is 16.1. The molecule has 4 N–H and O–H groups in total. The minimum Gasteiger partial charge on any atom is -0.497 e. The van der Waals surface area contributed by atoms with Crippen molar-refractivity contribution >= 4 is 11.8 Å². The average Bonchev–Trinajstić information content (AvgIpc) is 2.49. The zero-order valence-corrected chi connectivity index (χ0v) is 13.2. The number of anilines is 1. The molecule has 2 atom stereocenters. The Morgan fingerprint density at radius 1 is 1.55 bits per heavy atom. The summed E-state index contributed by atoms with van der Waals surface area (Å²) >= 11 is 0. The van der Waals surface area contributed by atoms with E-state index in [9.17, 15) is 4.79 Å². The molecule has 0 aliphatic carbocycles. The van der Waals surface area contributed by atoms with Crippen LogP contribution in [-0.2, 0) is 6.42 Å². The first-order valence-electron chi connectivity index (χ1n) is 7.66. The maximum Gasteiger partial charge on any atom is 0.407 e. The van der Waals surface area contributed by atoms with Gasteiger partial charge in [-0.15, -0.1) is 0 Å². The van der Waals surface area contributed by atoms with E-state index in [0.29, 0.717) is 12.6 Å². The number of likely N-dealkylation sites (tertiary alicyclic amines) is 1. The van der Waals surface area contributed by atoms with Crippen molar-refractivity contribution in [2.45, 2.75) is 38.3 Å². The Labute approximate surface area is 131 Å². The van der Waals surface area contributed by atoms with E-state index in [1.807, 2.05) is 25.1 Å². The number of carbonyl (C=O) groups is 1. The quantitative estimate of drug-likeness (QED) is 0.724. The lowest BCUT2D eigenvalue weighted by Crippen LogP contribution is -2.49. The standard InChI is InChI=1S/C16H25N3O3/c1-11-9-13(6-8-19(11)16(20)21)18-7-5-12-10-14(22-2)3-4-15(12)17/h3-4,10-11,13,18H,5-9,17H2,1-2H3,(H,20,21). The summed E-state index contributed by atoms with van der Waals surface area (Å²) in [6, 6.07) is 6.10. The molecule has 0 aromatic heterocycles. The molecule has 2 unspecified atom stereocenters. The first kappa shape index (κ1) is 16.4. The van der Waals surface area contributed by atoms with Crippen LogP contribution < -0.4 is 15.8 Å². The lowest BCUT2D eigenvalue weighted by molar-refractivity contribution is 0.103. The van der Waals surface area contributed by atoms with Gasteiger partial charge >= 0.3 is 6.09 Å². The fourth-order valence-electron chi connectivity index (χ4n) is 2.98. The second-order valence-electron chi connectivity index (χ2n) is 5.82. The van der Waals surface area contributed by atoms with Crippen LogP contribution in [0.2, 0.25) is 0 Å². The maximum atomic E-state index is 11.0. The average molecular weight is 307 g/mol. The summed E-state index contributed by atoms with van der Waals surface area (Å²) in [5, 5.41) is 12.6. The second-order valence-corrected chi connectivity index (χ2v) is 5.82. The highest BCUT2D eigenvalue weighted by atomic mass is 16.5. The fraction of sp³-hybridized carbons (Fsp3) is 0.562. The number of piperidine rings is 1. The maximum absolute atomic E-state index is 11.0. The van der Waals surface area contributed by atoms with Crippen molar-refractivity contribution in [2.75, 3.05) is 25.9 Å². The van der Waals surface area contributed by atoms with Crippen molar-refractivity contribution in [2.24, 2.45) is 0 Å². The van der Waals surface area contributed by atoms with Crippen LogP contribution >= 0.6 is 0 Å². The molecular weight excluding hydrogens is 282 g/mol. The molecule has 122 valence electrons.